The van der Waals surface area contributed by atoms with Crippen molar-refractivity contribution in [3.8, 4) is 0 Å². The minimum absolute atomic E-state index is 0.119. The van der Waals surface area contributed by atoms with Gasteiger partial charge in [-0.2, -0.15) is 21.8 Å². The summed E-state index contributed by atoms with van der Waals surface area (Å²) in [5.74, 6) is -0.674. The molecule has 0 bridgehead atoms. The van der Waals surface area contributed by atoms with Gasteiger partial charge in [0.2, 0.25) is 17.8 Å². The molecule has 0 radical (unpaired) electrons. The van der Waals surface area contributed by atoms with E-state index in [9.17, 15) is 25.5 Å². The van der Waals surface area contributed by atoms with Gasteiger partial charge in [0.1, 0.15) is 5.66 Å². The number of hydrogen-bond acceptors (Lipinski definition) is 10. The Morgan fingerprint density at radius 1 is 1.00 bits per heavy atom. The van der Waals surface area contributed by atoms with E-state index in [2.05, 4.69) is 15.3 Å². The molecule has 1 unspecified atom stereocenters. The van der Waals surface area contributed by atoms with Crippen molar-refractivity contribution in [3.05, 3.63) is 89.5 Å². The molecule has 0 aliphatic carbocycles. The van der Waals surface area contributed by atoms with Crippen LogP contribution in [0.15, 0.2) is 87.7 Å². The van der Waals surface area contributed by atoms with Crippen LogP contribution < -0.4 is 21.7 Å². The summed E-state index contributed by atoms with van der Waals surface area (Å²) in [6, 6.07) is 20.2. The van der Waals surface area contributed by atoms with Gasteiger partial charge in [-0.25, -0.2) is 4.99 Å². The second-order valence-electron chi connectivity index (χ2n) is 10.4. The average Bonchev–Trinajstić information content (AvgIpc) is 2.92. The first-order valence-corrected chi connectivity index (χ1v) is 16.4. The highest BCUT2D eigenvalue weighted by atomic mass is 32.3. The summed E-state index contributed by atoms with van der Waals surface area (Å²) in [5, 5.41) is 2.83. The van der Waals surface area contributed by atoms with Crippen LogP contribution in [-0.4, -0.2) is 50.6 Å². The number of anilines is 2. The summed E-state index contributed by atoms with van der Waals surface area (Å²) in [4.78, 5) is 23.2. The predicted molar refractivity (Wildman–Crippen MR) is 169 cm³/mol. The summed E-state index contributed by atoms with van der Waals surface area (Å²) in [6.07, 6.45) is 0.395. The molecule has 15 heteroatoms. The highest BCUT2D eigenvalue weighted by molar-refractivity contribution is 7.86. The van der Waals surface area contributed by atoms with Gasteiger partial charge in [0.05, 0.1) is 16.6 Å². The van der Waals surface area contributed by atoms with Gasteiger partial charge in [-0.1, -0.05) is 36.4 Å². The fraction of sp³-hybridized carbons (Fsp3) is 0.276. The Kier molecular flexibility index (Phi) is 10.5. The highest BCUT2D eigenvalue weighted by Gasteiger charge is 2.33. The molecule has 0 fully saturated rings. The maximum atomic E-state index is 13.5. The summed E-state index contributed by atoms with van der Waals surface area (Å²) in [6.45, 7) is 7.06. The number of aryl methyl sites for hydroxylation is 1. The lowest BCUT2D eigenvalue weighted by Gasteiger charge is -2.38. The second-order valence-corrected chi connectivity index (χ2v) is 13.5. The number of carbonyl (C=O) groups is 1. The first-order valence-electron chi connectivity index (χ1n) is 13.4. The molecule has 1 aliphatic heterocycles. The molecule has 0 aromatic heterocycles. The Morgan fingerprint density at radius 2 is 1.57 bits per heavy atom. The fourth-order valence-corrected chi connectivity index (χ4v) is 4.98. The molecular weight excluding hydrogens is 611 g/mol. The van der Waals surface area contributed by atoms with Crippen molar-refractivity contribution in [1.82, 2.24) is 0 Å². The molecule has 1 aliphatic rings. The van der Waals surface area contributed by atoms with E-state index in [1.165, 1.54) is 19.1 Å². The van der Waals surface area contributed by atoms with E-state index in [0.717, 1.165) is 34.5 Å². The standard InChI is InChI=1S/C27H29FN6O3S.C2H6O3S/c1-17-6-4-5-7-22(17)23(24(35)31-19-10-14-21(15-11-19)38(28,36)37)16-18-8-12-20(13-9-18)34-26(30)32-25(29)33-27(34,2)3;1-2-6(3,4)5/h4-15,23H,16H2,1-3H3,(H,31,35)(H4,29,30,32,33);2H2,1H3,(H,3,4,5). The third kappa shape index (κ3) is 9.08. The van der Waals surface area contributed by atoms with E-state index >= 15 is 0 Å². The molecule has 3 aromatic carbocycles. The molecular formula is C29H35FN6O6S2. The maximum absolute atomic E-state index is 13.5. The number of hydrogen-bond donors (Lipinski definition) is 4. The van der Waals surface area contributed by atoms with Crippen LogP contribution in [0, 0.1) is 6.92 Å². The molecule has 12 nitrogen and oxygen atoms in total. The number of halogens is 1. The van der Waals surface area contributed by atoms with Crippen molar-refractivity contribution >= 4 is 49.5 Å². The van der Waals surface area contributed by atoms with E-state index in [1.807, 2.05) is 69.3 Å². The van der Waals surface area contributed by atoms with Gasteiger partial charge >= 0.3 is 10.2 Å². The molecule has 1 atom stereocenters. The number of rotatable bonds is 8. The van der Waals surface area contributed by atoms with Crippen molar-refractivity contribution in [2.45, 2.75) is 50.6 Å². The number of nitrogens with zero attached hydrogens (tertiary/aromatic N) is 3. The van der Waals surface area contributed by atoms with Crippen LogP contribution in [0.5, 0.6) is 0 Å². The zero-order chi connectivity index (χ0) is 32.9. The smallest absolute Gasteiger partial charge is 0.332 e. The lowest BCUT2D eigenvalue weighted by atomic mass is 9.88. The predicted octanol–water partition coefficient (Wildman–Crippen LogP) is 3.70. The number of guanidine groups is 2. The van der Waals surface area contributed by atoms with Crippen LogP contribution in [0.1, 0.15) is 43.4 Å². The van der Waals surface area contributed by atoms with Crippen LogP contribution in [0.4, 0.5) is 15.3 Å². The van der Waals surface area contributed by atoms with Crippen LogP contribution in [0.3, 0.4) is 0 Å². The van der Waals surface area contributed by atoms with Crippen molar-refractivity contribution in [2.24, 2.45) is 21.5 Å². The zero-order valence-electron chi connectivity index (χ0n) is 24.6. The molecule has 0 spiro atoms. The van der Waals surface area contributed by atoms with Crippen LogP contribution >= 0.6 is 0 Å². The highest BCUT2D eigenvalue weighted by Crippen LogP contribution is 2.30. The van der Waals surface area contributed by atoms with E-state index in [0.29, 0.717) is 12.1 Å². The molecule has 4 rings (SSSR count). The Bertz CT molecular complexity index is 1780. The second kappa shape index (κ2) is 13.5. The van der Waals surface area contributed by atoms with Gasteiger partial charge in [0.25, 0.3) is 10.1 Å². The number of aliphatic imine (C=N–C) groups is 2. The van der Waals surface area contributed by atoms with Gasteiger partial charge in [-0.15, -0.1) is 3.89 Å². The van der Waals surface area contributed by atoms with Crippen molar-refractivity contribution < 1.29 is 30.1 Å². The first-order chi connectivity index (χ1) is 20.4. The van der Waals surface area contributed by atoms with Crippen LogP contribution in [0.25, 0.3) is 0 Å². The van der Waals surface area contributed by atoms with Crippen LogP contribution in [-0.2, 0) is 31.6 Å². The number of nitrogens with two attached hydrogens (primary N) is 2. The molecule has 236 valence electrons. The third-order valence-corrected chi connectivity index (χ3v) is 8.24. The molecule has 1 amide bonds. The summed E-state index contributed by atoms with van der Waals surface area (Å²) in [7, 11) is -8.49. The number of nitrogens with one attached hydrogen (secondary N) is 1. The van der Waals surface area contributed by atoms with E-state index in [-0.39, 0.29) is 23.6 Å². The molecule has 6 N–H and O–H groups in total. The van der Waals surface area contributed by atoms with Crippen molar-refractivity contribution in [3.63, 3.8) is 0 Å². The minimum Gasteiger partial charge on any atom is -0.369 e. The largest absolute Gasteiger partial charge is 0.369 e. The lowest BCUT2D eigenvalue weighted by Crippen LogP contribution is -2.54. The zero-order valence-corrected chi connectivity index (χ0v) is 26.2. The van der Waals surface area contributed by atoms with Gasteiger partial charge in [0, 0.05) is 11.4 Å². The lowest BCUT2D eigenvalue weighted by molar-refractivity contribution is -0.117. The summed E-state index contributed by atoms with van der Waals surface area (Å²) >= 11 is 0. The van der Waals surface area contributed by atoms with Gasteiger partial charge < -0.3 is 16.8 Å². The maximum Gasteiger partial charge on any atom is 0.332 e. The fourth-order valence-electron chi connectivity index (χ4n) is 4.52. The molecule has 3 aromatic rings. The molecule has 44 heavy (non-hydrogen) atoms. The van der Waals surface area contributed by atoms with E-state index in [4.69, 9.17) is 16.0 Å². The van der Waals surface area contributed by atoms with Gasteiger partial charge in [0.15, 0.2) is 0 Å². The molecule has 0 saturated carbocycles. The van der Waals surface area contributed by atoms with Crippen molar-refractivity contribution in [1.29, 1.82) is 0 Å². The number of benzene rings is 3. The van der Waals surface area contributed by atoms with Crippen molar-refractivity contribution in [2.75, 3.05) is 16.0 Å². The molecule has 1 heterocycles. The third-order valence-electron chi connectivity index (χ3n) is 6.68. The summed E-state index contributed by atoms with van der Waals surface area (Å²) in [5.41, 5.74) is 15.0. The normalized spacial score (nSPS) is 15.3. The first kappa shape index (κ1) is 34.2. The van der Waals surface area contributed by atoms with Gasteiger partial charge in [-0.05, 0) is 87.2 Å². The Morgan fingerprint density at radius 3 is 2.07 bits per heavy atom. The Balaban J connectivity index is 0.000000801. The SMILES string of the molecule is CCS(=O)(=O)O.Cc1ccccc1C(Cc1ccc(N2C(N)=NC(N)=NC2(C)C)cc1)C(=O)Nc1ccc(S(=O)(=O)F)cc1. The average molecular weight is 647 g/mol. The van der Waals surface area contributed by atoms with E-state index < -0.39 is 36.8 Å². The number of carbonyl (C=O) groups excluding carboxylic acids is 1. The van der Waals surface area contributed by atoms with Gasteiger partial charge in [-0.3, -0.25) is 14.2 Å². The van der Waals surface area contributed by atoms with E-state index in [1.54, 1.807) is 4.90 Å². The Labute approximate surface area is 256 Å². The monoisotopic (exact) mass is 646 g/mol. The number of amides is 1. The topological polar surface area (TPSA) is 198 Å². The quantitative estimate of drug-likeness (QED) is 0.208. The minimum atomic E-state index is -4.82. The Hall–Kier alpha value is -4.34. The summed E-state index contributed by atoms with van der Waals surface area (Å²) < 4.78 is 62.4. The van der Waals surface area contributed by atoms with Crippen LogP contribution in [0.2, 0.25) is 0 Å². The molecule has 0 saturated heterocycles.